The Morgan fingerprint density at radius 3 is 2.91 bits per heavy atom. The number of fused-ring (bicyclic) bond motifs is 1. The number of ether oxygens (including phenoxy) is 1. The number of H-pyrrole nitrogens is 1. The molecule has 2 aromatic heterocycles. The van der Waals surface area contributed by atoms with Gasteiger partial charge in [-0.2, -0.15) is 0 Å². The van der Waals surface area contributed by atoms with Crippen LogP contribution in [0.15, 0.2) is 28.4 Å². The molecule has 1 aliphatic carbocycles. The van der Waals surface area contributed by atoms with Crippen molar-refractivity contribution >= 4 is 23.1 Å². The highest BCUT2D eigenvalue weighted by Gasteiger charge is 2.29. The molecule has 0 fully saturated rings. The molecule has 114 valence electrons. The predicted molar refractivity (Wildman–Crippen MR) is 82.7 cm³/mol. The lowest BCUT2D eigenvalue weighted by molar-refractivity contribution is 0.0524. The van der Waals surface area contributed by atoms with Crippen LogP contribution >= 0.6 is 11.3 Å². The highest BCUT2D eigenvalue weighted by Crippen LogP contribution is 2.33. The molecule has 6 heteroatoms. The Morgan fingerprint density at radius 1 is 1.41 bits per heavy atom. The lowest BCUT2D eigenvalue weighted by Crippen LogP contribution is -2.27. The van der Waals surface area contributed by atoms with Gasteiger partial charge in [-0.15, -0.1) is 11.3 Å². The second-order valence-corrected chi connectivity index (χ2v) is 6.15. The molecule has 0 saturated carbocycles. The van der Waals surface area contributed by atoms with Crippen LogP contribution in [0.3, 0.4) is 0 Å². The third kappa shape index (κ3) is 2.62. The molecule has 0 radical (unpaired) electrons. The van der Waals surface area contributed by atoms with Crippen LogP contribution in [0.5, 0.6) is 0 Å². The molecule has 2 aromatic rings. The summed E-state index contributed by atoms with van der Waals surface area (Å²) in [6.45, 7) is 1.85. The summed E-state index contributed by atoms with van der Waals surface area (Å²) in [5.74, 6) is -0.662. The first-order valence-corrected chi connectivity index (χ1v) is 7.98. The minimum Gasteiger partial charge on any atom is -0.462 e. The van der Waals surface area contributed by atoms with Crippen LogP contribution in [-0.2, 0) is 11.2 Å². The molecule has 0 saturated heterocycles. The molecule has 0 spiro atoms. The van der Waals surface area contributed by atoms with Gasteiger partial charge in [0.1, 0.15) is 5.56 Å². The monoisotopic (exact) mass is 317 g/mol. The topological polar surface area (TPSA) is 76.2 Å². The van der Waals surface area contributed by atoms with Crippen LogP contribution in [0.1, 0.15) is 50.5 Å². The van der Waals surface area contributed by atoms with Crippen molar-refractivity contribution in [2.24, 2.45) is 0 Å². The van der Waals surface area contributed by atoms with Crippen molar-refractivity contribution < 1.29 is 14.3 Å². The summed E-state index contributed by atoms with van der Waals surface area (Å²) < 4.78 is 4.85. The van der Waals surface area contributed by atoms with Gasteiger partial charge >= 0.3 is 5.97 Å². The van der Waals surface area contributed by atoms with Gasteiger partial charge in [-0.3, -0.25) is 9.59 Å². The van der Waals surface area contributed by atoms with E-state index in [2.05, 4.69) is 4.98 Å². The summed E-state index contributed by atoms with van der Waals surface area (Å²) in [6, 6.07) is 5.32. The van der Waals surface area contributed by atoms with E-state index in [0.29, 0.717) is 24.1 Å². The largest absolute Gasteiger partial charge is 0.462 e. The normalized spacial score (nSPS) is 17.1. The summed E-state index contributed by atoms with van der Waals surface area (Å²) in [6.07, 6.45) is 0.988. The Morgan fingerprint density at radius 2 is 2.23 bits per heavy atom. The molecule has 0 aliphatic heterocycles. The van der Waals surface area contributed by atoms with Gasteiger partial charge in [-0.25, -0.2) is 4.79 Å². The van der Waals surface area contributed by atoms with E-state index >= 15 is 0 Å². The molecular weight excluding hydrogens is 302 g/mol. The predicted octanol–water partition coefficient (Wildman–Crippen LogP) is 2.53. The fourth-order valence-corrected chi connectivity index (χ4v) is 3.55. The molecule has 1 N–H and O–H groups in total. The number of pyridine rings is 1. The van der Waals surface area contributed by atoms with E-state index < -0.39 is 11.5 Å². The number of Topliss-reactive ketones (excluding diaryl/α,β-unsaturated/α-hetero) is 1. The van der Waals surface area contributed by atoms with Crippen molar-refractivity contribution in [1.82, 2.24) is 4.98 Å². The Kier molecular flexibility index (Phi) is 3.94. The van der Waals surface area contributed by atoms with Crippen molar-refractivity contribution in [2.75, 3.05) is 6.61 Å². The second-order valence-electron chi connectivity index (χ2n) is 5.17. The van der Waals surface area contributed by atoms with E-state index in [9.17, 15) is 14.4 Å². The summed E-state index contributed by atoms with van der Waals surface area (Å²) in [5.41, 5.74) is 0.420. The van der Waals surface area contributed by atoms with Crippen LogP contribution < -0.4 is 5.56 Å². The number of hydrogen-bond acceptors (Lipinski definition) is 5. The van der Waals surface area contributed by atoms with Crippen LogP contribution in [0.25, 0.3) is 0 Å². The Hall–Kier alpha value is -2.21. The number of ketones is 1. The van der Waals surface area contributed by atoms with E-state index in [4.69, 9.17) is 4.74 Å². The molecule has 2 heterocycles. The number of aromatic amines is 1. The molecule has 0 bridgehead atoms. The summed E-state index contributed by atoms with van der Waals surface area (Å²) in [4.78, 5) is 40.0. The van der Waals surface area contributed by atoms with Crippen molar-refractivity contribution in [3.8, 4) is 0 Å². The smallest absolute Gasteiger partial charge is 0.343 e. The number of aromatic nitrogens is 1. The summed E-state index contributed by atoms with van der Waals surface area (Å²) >= 11 is 1.61. The van der Waals surface area contributed by atoms with E-state index in [-0.39, 0.29) is 23.9 Å². The molecule has 0 aromatic carbocycles. The van der Waals surface area contributed by atoms with Crippen molar-refractivity contribution in [1.29, 1.82) is 0 Å². The Labute approximate surface area is 130 Å². The Balaban J connectivity index is 1.98. The van der Waals surface area contributed by atoms with E-state index in [1.807, 2.05) is 17.5 Å². The third-order valence-corrected chi connectivity index (χ3v) is 4.78. The maximum absolute atomic E-state index is 12.4. The zero-order valence-corrected chi connectivity index (χ0v) is 12.9. The number of hydrogen-bond donors (Lipinski definition) is 1. The fraction of sp³-hybridized carbons (Fsp3) is 0.312. The summed E-state index contributed by atoms with van der Waals surface area (Å²) in [7, 11) is 0. The number of carbonyl (C=O) groups is 2. The lowest BCUT2D eigenvalue weighted by Gasteiger charge is -2.22. The number of rotatable bonds is 3. The average Bonchev–Trinajstić information content (AvgIpc) is 3.00. The first-order chi connectivity index (χ1) is 10.6. The molecule has 22 heavy (non-hydrogen) atoms. The van der Waals surface area contributed by atoms with Gasteiger partial charge in [0.15, 0.2) is 5.78 Å². The maximum Gasteiger partial charge on any atom is 0.343 e. The number of esters is 1. The maximum atomic E-state index is 12.4. The number of carbonyl (C=O) groups excluding carboxylic acids is 2. The van der Waals surface area contributed by atoms with E-state index in [0.717, 1.165) is 4.88 Å². The van der Waals surface area contributed by atoms with E-state index in [1.165, 1.54) is 6.07 Å². The lowest BCUT2D eigenvalue weighted by atomic mass is 9.84. The number of nitrogens with one attached hydrogen (secondary N) is 1. The molecule has 1 atom stereocenters. The van der Waals surface area contributed by atoms with Crippen LogP contribution in [-0.4, -0.2) is 23.3 Å². The average molecular weight is 317 g/mol. The Bertz CT molecular complexity index is 776. The molecular formula is C16H15NO4S. The minimum atomic E-state index is -0.695. The highest BCUT2D eigenvalue weighted by atomic mass is 32.1. The van der Waals surface area contributed by atoms with Gasteiger partial charge in [-0.05, 0) is 30.9 Å². The summed E-state index contributed by atoms with van der Waals surface area (Å²) in [5, 5.41) is 1.97. The first-order valence-electron chi connectivity index (χ1n) is 7.10. The van der Waals surface area contributed by atoms with Gasteiger partial charge in [0.25, 0.3) is 5.56 Å². The highest BCUT2D eigenvalue weighted by molar-refractivity contribution is 7.10. The molecule has 5 nitrogen and oxygen atoms in total. The van der Waals surface area contributed by atoms with Crippen LogP contribution in [0, 0.1) is 0 Å². The van der Waals surface area contributed by atoms with Gasteiger partial charge in [0.2, 0.25) is 0 Å². The molecule has 1 unspecified atom stereocenters. The minimum absolute atomic E-state index is 0.0542. The molecule has 3 rings (SSSR count). The zero-order chi connectivity index (χ0) is 15.7. The van der Waals surface area contributed by atoms with Crippen molar-refractivity contribution in [3.63, 3.8) is 0 Å². The quantitative estimate of drug-likeness (QED) is 0.883. The molecule has 0 amide bonds. The fourth-order valence-electron chi connectivity index (χ4n) is 2.72. The van der Waals surface area contributed by atoms with Crippen molar-refractivity contribution in [3.05, 3.63) is 55.6 Å². The van der Waals surface area contributed by atoms with Crippen LogP contribution in [0.2, 0.25) is 0 Å². The van der Waals surface area contributed by atoms with Crippen molar-refractivity contribution in [2.45, 2.75) is 25.7 Å². The van der Waals surface area contributed by atoms with Gasteiger partial charge in [-0.1, -0.05) is 6.07 Å². The van der Waals surface area contributed by atoms with Gasteiger partial charge in [0.05, 0.1) is 6.61 Å². The van der Waals surface area contributed by atoms with Gasteiger partial charge in [0, 0.05) is 28.5 Å². The first kappa shape index (κ1) is 14.7. The zero-order valence-electron chi connectivity index (χ0n) is 12.0. The number of thiophene rings is 1. The van der Waals surface area contributed by atoms with E-state index in [1.54, 1.807) is 18.3 Å². The SMILES string of the molecule is CCOC(=O)c1cc2c([nH]c1=O)CC(c1cccs1)CC2=O. The third-order valence-electron chi connectivity index (χ3n) is 3.75. The standard InChI is InChI=1S/C16H15NO4S/c1-2-21-16(20)11-8-10-12(17-15(11)19)6-9(7-13(10)18)14-4-3-5-22-14/h3-5,8-9H,2,6-7H2,1H3,(H,17,19). The second kappa shape index (κ2) is 5.88. The van der Waals surface area contributed by atoms with Gasteiger partial charge < -0.3 is 9.72 Å². The molecule has 1 aliphatic rings. The van der Waals surface area contributed by atoms with Crippen LogP contribution in [0.4, 0.5) is 0 Å².